The maximum absolute atomic E-state index is 14.0. The fraction of sp³-hybridized carbons (Fsp3) is 0.429. The Balaban J connectivity index is 1.62. The Kier molecular flexibility index (Phi) is 8.88. The summed E-state index contributed by atoms with van der Waals surface area (Å²) in [6, 6.07) is -0.603. The van der Waals surface area contributed by atoms with Crippen molar-refractivity contribution in [2.45, 2.75) is 78.8 Å². The standard InChI is InChI=1S/C35H40N4O7/c1-8-19-15(3)26(14-40)36-25(19)13-24-18(6)28-32(38-24)29(30(33(28)43)35(45)46-7)31-21(10-11-27(41)42)17(5)22(37-31)12-23-16(4)20(9-2)34(44)39-23/h9,14,17,21-23,36,38H,2,8,10-13H2,1,3-7H3,(H,39,44)(H,41,42)/t17-,21-,22?,23?/m0/s1. The van der Waals surface area contributed by atoms with Gasteiger partial charge < -0.3 is 25.1 Å². The summed E-state index contributed by atoms with van der Waals surface area (Å²) in [7, 11) is 1.22. The Labute approximate surface area is 267 Å². The summed E-state index contributed by atoms with van der Waals surface area (Å²) in [5.41, 5.74) is 7.63. The van der Waals surface area contributed by atoms with Crippen LogP contribution in [0, 0.1) is 25.7 Å². The van der Waals surface area contributed by atoms with Gasteiger partial charge in [0.05, 0.1) is 36.1 Å². The molecule has 1 amide bonds. The number of carbonyl (C=O) groups is 5. The number of nitrogens with zero attached hydrogens (tertiary/aromatic N) is 1. The van der Waals surface area contributed by atoms with E-state index in [1.807, 2.05) is 34.6 Å². The molecular formula is C35H40N4O7. The monoisotopic (exact) mass is 628 g/mol. The highest BCUT2D eigenvalue weighted by Gasteiger charge is 2.47. The SMILES string of the molecule is C=CC1=C(C)C(CC2N=C(C3=C(C(=O)OC)C(=O)c4c3[nH]c(Cc3[nH]c(C=O)c(C)c3CC)c4C)[C@@H](CCC(=O)O)[C@@H]2C)NC1=O. The number of Topliss-reactive ketones (excluding diaryl/α,β-unsaturated/α-hetero) is 1. The van der Waals surface area contributed by atoms with Gasteiger partial charge in [-0.25, -0.2) is 4.79 Å². The maximum Gasteiger partial charge on any atom is 0.342 e. The normalized spacial score (nSPS) is 22.3. The largest absolute Gasteiger partial charge is 0.481 e. The van der Waals surface area contributed by atoms with Crippen molar-refractivity contribution in [2.24, 2.45) is 16.8 Å². The molecule has 46 heavy (non-hydrogen) atoms. The molecule has 4 N–H and O–H groups in total. The number of allylic oxidation sites excluding steroid dienone is 1. The van der Waals surface area contributed by atoms with Crippen LogP contribution in [0.5, 0.6) is 0 Å². The third-order valence-electron chi connectivity index (χ3n) is 10.0. The molecule has 3 aliphatic rings. The van der Waals surface area contributed by atoms with Crippen LogP contribution in [0.4, 0.5) is 0 Å². The number of carboxylic acids is 1. The number of hydrogen-bond acceptors (Lipinski definition) is 7. The summed E-state index contributed by atoms with van der Waals surface area (Å²) < 4.78 is 5.08. The molecule has 0 spiro atoms. The number of fused-ring (bicyclic) bond motifs is 1. The Morgan fingerprint density at radius 3 is 2.41 bits per heavy atom. The van der Waals surface area contributed by atoms with Crippen molar-refractivity contribution in [2.75, 3.05) is 7.11 Å². The van der Waals surface area contributed by atoms with Crippen molar-refractivity contribution in [3.63, 3.8) is 0 Å². The number of ether oxygens (including phenoxy) is 1. The molecule has 2 aromatic rings. The number of ketones is 1. The van der Waals surface area contributed by atoms with Gasteiger partial charge in [-0.1, -0.05) is 26.5 Å². The van der Waals surface area contributed by atoms with E-state index in [4.69, 9.17) is 9.73 Å². The lowest BCUT2D eigenvalue weighted by atomic mass is 9.80. The van der Waals surface area contributed by atoms with E-state index in [9.17, 15) is 29.1 Å². The number of H-pyrrole nitrogens is 2. The molecule has 0 fully saturated rings. The van der Waals surface area contributed by atoms with Gasteiger partial charge in [0.1, 0.15) is 5.57 Å². The van der Waals surface area contributed by atoms with Crippen molar-refractivity contribution in [3.05, 3.63) is 74.4 Å². The van der Waals surface area contributed by atoms with E-state index in [2.05, 4.69) is 21.9 Å². The Bertz CT molecular complexity index is 1780. The van der Waals surface area contributed by atoms with Crippen LogP contribution in [0.3, 0.4) is 0 Å². The van der Waals surface area contributed by atoms with Gasteiger partial charge >= 0.3 is 11.9 Å². The van der Waals surface area contributed by atoms with Crippen molar-refractivity contribution < 1.29 is 33.8 Å². The molecule has 0 bridgehead atoms. The Hall–Kier alpha value is -4.80. The molecule has 4 atom stereocenters. The van der Waals surface area contributed by atoms with Gasteiger partial charge in [-0.05, 0) is 68.2 Å². The summed E-state index contributed by atoms with van der Waals surface area (Å²) in [5.74, 6) is -2.95. The zero-order valence-electron chi connectivity index (χ0n) is 27.1. The first kappa shape index (κ1) is 32.6. The van der Waals surface area contributed by atoms with E-state index in [0.717, 1.165) is 34.4 Å². The number of aromatic amines is 2. The van der Waals surface area contributed by atoms with E-state index in [0.29, 0.717) is 58.6 Å². The first-order chi connectivity index (χ1) is 21.9. The zero-order valence-corrected chi connectivity index (χ0v) is 27.1. The van der Waals surface area contributed by atoms with Crippen LogP contribution in [0.25, 0.3) is 5.57 Å². The first-order valence-corrected chi connectivity index (χ1v) is 15.6. The second kappa shape index (κ2) is 12.5. The van der Waals surface area contributed by atoms with Crippen LogP contribution in [-0.4, -0.2) is 69.9 Å². The van der Waals surface area contributed by atoms with E-state index in [-0.39, 0.29) is 48.2 Å². The summed E-state index contributed by atoms with van der Waals surface area (Å²) in [6.07, 6.45) is 4.04. The average Bonchev–Trinajstić information content (AvgIpc) is 3.76. The van der Waals surface area contributed by atoms with Gasteiger partial charge in [0.15, 0.2) is 6.29 Å². The van der Waals surface area contributed by atoms with Gasteiger partial charge in [0, 0.05) is 47.0 Å². The fourth-order valence-electron chi connectivity index (χ4n) is 7.40. The second-order valence-electron chi connectivity index (χ2n) is 12.4. The third-order valence-corrected chi connectivity index (χ3v) is 10.0. The van der Waals surface area contributed by atoms with E-state index < -0.39 is 17.7 Å². The number of carboxylic acid groups (broad SMARTS) is 1. The molecule has 2 aliphatic heterocycles. The minimum Gasteiger partial charge on any atom is -0.481 e. The van der Waals surface area contributed by atoms with Crippen molar-refractivity contribution >= 4 is 41.2 Å². The van der Waals surface area contributed by atoms with Gasteiger partial charge in [0.25, 0.3) is 5.91 Å². The lowest BCUT2D eigenvalue weighted by molar-refractivity contribution is -0.137. The molecule has 5 rings (SSSR count). The van der Waals surface area contributed by atoms with Crippen molar-refractivity contribution in [3.8, 4) is 0 Å². The predicted octanol–water partition coefficient (Wildman–Crippen LogP) is 4.38. The second-order valence-corrected chi connectivity index (χ2v) is 12.4. The number of aromatic nitrogens is 2. The maximum atomic E-state index is 14.0. The molecule has 0 aromatic carbocycles. The number of esters is 1. The molecule has 0 saturated carbocycles. The van der Waals surface area contributed by atoms with Crippen LogP contribution in [0.2, 0.25) is 0 Å². The molecule has 0 radical (unpaired) electrons. The number of methoxy groups -OCH3 is 1. The first-order valence-electron chi connectivity index (χ1n) is 15.6. The Morgan fingerprint density at radius 1 is 1.11 bits per heavy atom. The summed E-state index contributed by atoms with van der Waals surface area (Å²) in [4.78, 5) is 74.8. The molecule has 242 valence electrons. The van der Waals surface area contributed by atoms with E-state index in [1.165, 1.54) is 13.2 Å². The third kappa shape index (κ3) is 5.27. The molecule has 11 heteroatoms. The van der Waals surface area contributed by atoms with Gasteiger partial charge in [0.2, 0.25) is 5.78 Å². The molecular weight excluding hydrogens is 588 g/mol. The highest BCUT2D eigenvalue weighted by atomic mass is 16.5. The number of nitrogens with one attached hydrogen (secondary N) is 3. The minimum atomic E-state index is -0.960. The van der Waals surface area contributed by atoms with Gasteiger partial charge in [-0.2, -0.15) is 0 Å². The summed E-state index contributed by atoms with van der Waals surface area (Å²) in [5, 5.41) is 12.6. The number of amides is 1. The predicted molar refractivity (Wildman–Crippen MR) is 172 cm³/mol. The highest BCUT2D eigenvalue weighted by Crippen LogP contribution is 2.45. The molecule has 4 heterocycles. The van der Waals surface area contributed by atoms with Crippen LogP contribution in [0.1, 0.15) is 94.7 Å². The Morgan fingerprint density at radius 2 is 1.83 bits per heavy atom. The van der Waals surface area contributed by atoms with Gasteiger partial charge in [-0.15, -0.1) is 0 Å². The summed E-state index contributed by atoms with van der Waals surface area (Å²) in [6.45, 7) is 13.4. The van der Waals surface area contributed by atoms with Crippen LogP contribution < -0.4 is 5.32 Å². The van der Waals surface area contributed by atoms with Crippen molar-refractivity contribution in [1.29, 1.82) is 0 Å². The molecule has 2 unspecified atom stereocenters. The molecule has 11 nitrogen and oxygen atoms in total. The minimum absolute atomic E-state index is 0.123. The highest BCUT2D eigenvalue weighted by molar-refractivity contribution is 6.45. The zero-order chi connectivity index (χ0) is 33.6. The number of aliphatic carboxylic acids is 1. The fourth-order valence-corrected chi connectivity index (χ4v) is 7.40. The molecule has 0 saturated heterocycles. The quantitative estimate of drug-likeness (QED) is 0.153. The molecule has 1 aliphatic carbocycles. The van der Waals surface area contributed by atoms with Crippen molar-refractivity contribution in [1.82, 2.24) is 15.3 Å². The lowest BCUT2D eigenvalue weighted by Crippen LogP contribution is -2.33. The number of hydrogen-bond donors (Lipinski definition) is 4. The van der Waals surface area contributed by atoms with E-state index in [1.54, 1.807) is 0 Å². The number of rotatable bonds is 12. The van der Waals surface area contributed by atoms with Crippen LogP contribution >= 0.6 is 0 Å². The molecule has 2 aromatic heterocycles. The van der Waals surface area contributed by atoms with Gasteiger partial charge in [-0.3, -0.25) is 24.2 Å². The number of aldehydes is 1. The lowest BCUT2D eigenvalue weighted by Gasteiger charge is -2.23. The van der Waals surface area contributed by atoms with Crippen LogP contribution in [0.15, 0.2) is 34.4 Å². The van der Waals surface area contributed by atoms with Crippen LogP contribution in [-0.2, 0) is 32.0 Å². The average molecular weight is 629 g/mol. The topological polar surface area (TPSA) is 171 Å². The number of carbonyl (C=O) groups excluding carboxylic acids is 4. The smallest absolute Gasteiger partial charge is 0.342 e. The number of aliphatic imine (C=N–C) groups is 1. The summed E-state index contributed by atoms with van der Waals surface area (Å²) >= 11 is 0. The van der Waals surface area contributed by atoms with E-state index >= 15 is 0 Å².